The number of nitrogens with two attached hydrogens (primary N) is 1. The number of methoxy groups -OCH3 is 1. The molecule has 1 aromatic carbocycles. The monoisotopic (exact) mass is 441 g/mol. The molecule has 1 aliphatic rings. The fourth-order valence-electron chi connectivity index (χ4n) is 4.63. The smallest absolute Gasteiger partial charge is 0.194 e. The first-order valence-electron chi connectivity index (χ1n) is 10.5. The van der Waals surface area contributed by atoms with Gasteiger partial charge in [-0.05, 0) is 45.7 Å². The van der Waals surface area contributed by atoms with Crippen LogP contribution < -0.4 is 15.9 Å². The Kier molecular flexibility index (Phi) is 5.66. The van der Waals surface area contributed by atoms with E-state index in [1.807, 2.05) is 24.5 Å². The van der Waals surface area contributed by atoms with Crippen molar-refractivity contribution < 1.29 is 4.74 Å². The summed E-state index contributed by atoms with van der Waals surface area (Å²) in [6.45, 7) is 9.56. The molecule has 1 saturated heterocycles. The van der Waals surface area contributed by atoms with Crippen molar-refractivity contribution in [2.24, 2.45) is 0 Å². The van der Waals surface area contributed by atoms with Crippen LogP contribution >= 0.6 is 11.6 Å². The Morgan fingerprint density at radius 1 is 1.29 bits per heavy atom. The summed E-state index contributed by atoms with van der Waals surface area (Å²) in [5.41, 5.74) is 9.38. The molecular weight excluding hydrogens is 414 g/mol. The van der Waals surface area contributed by atoms with Gasteiger partial charge < -0.3 is 15.0 Å². The predicted octanol–water partition coefficient (Wildman–Crippen LogP) is 4.11. The third-order valence-electron chi connectivity index (χ3n) is 6.41. The molecule has 4 rings (SSSR count). The van der Waals surface area contributed by atoms with E-state index in [0.717, 1.165) is 35.4 Å². The lowest BCUT2D eigenvalue weighted by Crippen LogP contribution is -2.45. The lowest BCUT2D eigenvalue weighted by molar-refractivity contribution is 0.0538. The van der Waals surface area contributed by atoms with Gasteiger partial charge in [0.1, 0.15) is 28.9 Å². The number of hydrogen-bond acceptors (Lipinski definition) is 6. The Bertz CT molecular complexity index is 1210. The average molecular weight is 442 g/mol. The Balaban J connectivity index is 1.92. The Morgan fingerprint density at radius 3 is 2.65 bits per heavy atom. The number of hydrogen-bond donors (Lipinski definition) is 1. The first kappa shape index (κ1) is 21.6. The van der Waals surface area contributed by atoms with Gasteiger partial charge in [0.05, 0.1) is 13.2 Å². The van der Waals surface area contributed by atoms with E-state index in [1.165, 1.54) is 12.4 Å². The van der Waals surface area contributed by atoms with Gasteiger partial charge in [0, 0.05) is 47.0 Å². The van der Waals surface area contributed by atoms with Crippen LogP contribution in [-0.4, -0.2) is 39.1 Å². The minimum absolute atomic E-state index is 0.174. The van der Waals surface area contributed by atoms with Crippen molar-refractivity contribution in [1.29, 1.82) is 0 Å². The number of halogens is 1. The van der Waals surface area contributed by atoms with Crippen LogP contribution in [0.2, 0.25) is 5.02 Å². The minimum atomic E-state index is -0.201. The third-order valence-corrected chi connectivity index (χ3v) is 6.81. The number of ether oxygens (including phenoxy) is 1. The predicted molar refractivity (Wildman–Crippen MR) is 124 cm³/mol. The molecule has 0 bridgehead atoms. The molecule has 2 N–H and O–H groups in total. The zero-order valence-electron chi connectivity index (χ0n) is 18.5. The van der Waals surface area contributed by atoms with E-state index in [1.54, 1.807) is 13.3 Å². The number of aromatic nitrogens is 3. The molecule has 1 aliphatic heterocycles. The van der Waals surface area contributed by atoms with Crippen molar-refractivity contribution in [3.05, 3.63) is 56.6 Å². The molecule has 1 fully saturated rings. The first-order chi connectivity index (χ1) is 14.8. The van der Waals surface area contributed by atoms with Gasteiger partial charge in [-0.1, -0.05) is 11.6 Å². The molecule has 3 heterocycles. The lowest BCUT2D eigenvalue weighted by Gasteiger charge is -2.45. The summed E-state index contributed by atoms with van der Waals surface area (Å²) < 4.78 is 7.90. The number of nitrogen functional groups attached to an aromatic ring is 1. The van der Waals surface area contributed by atoms with Crippen LogP contribution in [-0.2, 0) is 0 Å². The van der Waals surface area contributed by atoms with Crippen molar-refractivity contribution in [3.63, 3.8) is 0 Å². The molecule has 0 spiro atoms. The number of nitrogens with zero attached hydrogens (tertiary/aromatic N) is 4. The van der Waals surface area contributed by atoms with E-state index >= 15 is 0 Å². The molecule has 2 aromatic heterocycles. The normalized spacial score (nSPS) is 17.7. The minimum Gasteiger partial charge on any atom is -0.496 e. The fourth-order valence-corrected chi connectivity index (χ4v) is 4.84. The number of rotatable bonds is 5. The summed E-state index contributed by atoms with van der Waals surface area (Å²) in [5, 5.41) is 1.02. The van der Waals surface area contributed by atoms with E-state index in [2.05, 4.69) is 28.7 Å². The number of pyridine rings is 1. The van der Waals surface area contributed by atoms with Crippen LogP contribution in [0.4, 0.5) is 5.82 Å². The maximum absolute atomic E-state index is 12.4. The van der Waals surface area contributed by atoms with Crippen LogP contribution in [0.3, 0.4) is 0 Å². The zero-order valence-corrected chi connectivity index (χ0v) is 19.3. The van der Waals surface area contributed by atoms with Crippen molar-refractivity contribution >= 4 is 28.5 Å². The molecule has 2 atom stereocenters. The van der Waals surface area contributed by atoms with Gasteiger partial charge in [0.2, 0.25) is 0 Å². The van der Waals surface area contributed by atoms with E-state index in [4.69, 9.17) is 22.1 Å². The highest BCUT2D eigenvalue weighted by Gasteiger charge is 2.36. The molecule has 8 heteroatoms. The average Bonchev–Trinajstić information content (AvgIpc) is 2.69. The van der Waals surface area contributed by atoms with Crippen LogP contribution in [0.15, 0.2) is 29.5 Å². The Labute approximate surface area is 186 Å². The Morgan fingerprint density at radius 2 is 2.03 bits per heavy atom. The number of likely N-dealkylation sites (tertiary alicyclic amines) is 1. The molecule has 31 heavy (non-hydrogen) atoms. The van der Waals surface area contributed by atoms with Gasteiger partial charge >= 0.3 is 0 Å². The maximum Gasteiger partial charge on any atom is 0.194 e. The summed E-state index contributed by atoms with van der Waals surface area (Å²) in [7, 11) is 1.70. The molecule has 7 nitrogen and oxygen atoms in total. The maximum atomic E-state index is 12.4. The lowest BCUT2D eigenvalue weighted by atomic mass is 9.86. The second kappa shape index (κ2) is 8.13. The zero-order chi connectivity index (χ0) is 22.4. The van der Waals surface area contributed by atoms with Crippen molar-refractivity contribution in [2.75, 3.05) is 19.4 Å². The van der Waals surface area contributed by atoms with E-state index < -0.39 is 0 Å². The molecule has 0 aliphatic carbocycles. The topological polar surface area (TPSA) is 86.3 Å². The van der Waals surface area contributed by atoms with Crippen LogP contribution in [0, 0.1) is 6.92 Å². The second-order valence-electron chi connectivity index (χ2n) is 8.38. The van der Waals surface area contributed by atoms with Crippen molar-refractivity contribution in [2.45, 2.75) is 52.2 Å². The van der Waals surface area contributed by atoms with E-state index in [9.17, 15) is 4.79 Å². The van der Waals surface area contributed by atoms with E-state index in [-0.39, 0.29) is 23.3 Å². The molecule has 3 aromatic rings. The number of fused-ring (bicyclic) bond motifs is 1. The fraction of sp³-hybridized carbons (Fsp3) is 0.435. The third kappa shape index (κ3) is 3.46. The second-order valence-corrected chi connectivity index (χ2v) is 8.78. The molecule has 164 valence electrons. The van der Waals surface area contributed by atoms with Gasteiger partial charge in [-0.25, -0.2) is 9.97 Å². The molecule has 2 unspecified atom stereocenters. The van der Waals surface area contributed by atoms with E-state index in [0.29, 0.717) is 22.1 Å². The summed E-state index contributed by atoms with van der Waals surface area (Å²) in [6.07, 6.45) is 4.17. The Hall–Kier alpha value is -2.64. The van der Waals surface area contributed by atoms with Gasteiger partial charge in [0.25, 0.3) is 0 Å². The largest absolute Gasteiger partial charge is 0.496 e. The van der Waals surface area contributed by atoms with Crippen molar-refractivity contribution in [1.82, 2.24) is 19.4 Å². The highest BCUT2D eigenvalue weighted by Crippen LogP contribution is 2.46. The summed E-state index contributed by atoms with van der Waals surface area (Å²) >= 11 is 6.72. The standard InChI is InChI=1S/C23H28ClN5O2/c1-12(2)28-8-6-17(28)19-13(3)16(24)10-15(21(19)31-5)14(4)29-9-7-18(30)20-22(25)26-11-27-23(20)29/h7,9-12,14,17H,6,8H2,1-5H3,(H2,25,26,27). The summed E-state index contributed by atoms with van der Waals surface area (Å²) in [4.78, 5) is 23.2. The van der Waals surface area contributed by atoms with Crippen LogP contribution in [0.25, 0.3) is 11.0 Å². The summed E-state index contributed by atoms with van der Waals surface area (Å²) in [5.74, 6) is 1.01. The van der Waals surface area contributed by atoms with Gasteiger partial charge in [-0.15, -0.1) is 0 Å². The summed E-state index contributed by atoms with van der Waals surface area (Å²) in [6, 6.07) is 3.95. The molecule has 0 radical (unpaired) electrons. The first-order valence-corrected chi connectivity index (χ1v) is 10.9. The SMILES string of the molecule is COc1c(C(C)n2ccc(=O)c3c(N)ncnc32)cc(Cl)c(C)c1C1CCN1C(C)C. The van der Waals surface area contributed by atoms with Gasteiger partial charge in [-0.2, -0.15) is 0 Å². The van der Waals surface area contributed by atoms with Gasteiger partial charge in [-0.3, -0.25) is 9.69 Å². The number of anilines is 1. The molecule has 0 amide bonds. The molecular formula is C23H28ClN5O2. The quantitative estimate of drug-likeness (QED) is 0.641. The van der Waals surface area contributed by atoms with Crippen LogP contribution in [0.1, 0.15) is 56.0 Å². The van der Waals surface area contributed by atoms with Crippen molar-refractivity contribution in [3.8, 4) is 5.75 Å². The highest BCUT2D eigenvalue weighted by molar-refractivity contribution is 6.31. The van der Waals surface area contributed by atoms with Crippen LogP contribution in [0.5, 0.6) is 5.75 Å². The number of benzene rings is 1. The highest BCUT2D eigenvalue weighted by atomic mass is 35.5. The van der Waals surface area contributed by atoms with Gasteiger partial charge in [0.15, 0.2) is 5.43 Å². The molecule has 0 saturated carbocycles.